The van der Waals surface area contributed by atoms with E-state index in [2.05, 4.69) is 5.32 Å². The lowest BCUT2D eigenvalue weighted by atomic mass is 10.1. The Morgan fingerprint density at radius 1 is 1.15 bits per heavy atom. The van der Waals surface area contributed by atoms with E-state index in [0.29, 0.717) is 13.1 Å². The maximum absolute atomic E-state index is 13.0. The molecule has 1 N–H and O–H groups in total. The van der Waals surface area contributed by atoms with Crippen molar-refractivity contribution in [3.8, 4) is 0 Å². The van der Waals surface area contributed by atoms with Crippen LogP contribution in [0.25, 0.3) is 0 Å². The summed E-state index contributed by atoms with van der Waals surface area (Å²) >= 11 is 6.13. The highest BCUT2D eigenvalue weighted by molar-refractivity contribution is 7.89. The third kappa shape index (κ3) is 4.31. The smallest absolute Gasteiger partial charge is 0.253 e. The Bertz CT molecular complexity index is 942. The van der Waals surface area contributed by atoms with Crippen LogP contribution in [-0.2, 0) is 10.0 Å². The molecule has 2 aromatic carbocycles. The molecule has 1 aliphatic heterocycles. The summed E-state index contributed by atoms with van der Waals surface area (Å²) in [6.45, 7) is 2.71. The van der Waals surface area contributed by atoms with Crippen molar-refractivity contribution < 1.29 is 17.6 Å². The number of carbonyl (C=O) groups is 1. The first-order valence-corrected chi connectivity index (χ1v) is 10.5. The van der Waals surface area contributed by atoms with Crippen molar-refractivity contribution in [2.24, 2.45) is 0 Å². The van der Waals surface area contributed by atoms with E-state index in [0.717, 1.165) is 18.4 Å². The average molecular weight is 411 g/mol. The third-order valence-corrected chi connectivity index (χ3v) is 6.83. The second-order valence-electron chi connectivity index (χ2n) is 6.50. The quantitative estimate of drug-likeness (QED) is 0.816. The van der Waals surface area contributed by atoms with E-state index >= 15 is 0 Å². The van der Waals surface area contributed by atoms with E-state index in [1.54, 1.807) is 19.1 Å². The van der Waals surface area contributed by atoms with Crippen LogP contribution in [0.4, 0.5) is 4.39 Å². The molecule has 3 rings (SSSR count). The zero-order valence-corrected chi connectivity index (χ0v) is 16.4. The molecule has 1 amide bonds. The number of amides is 1. The Morgan fingerprint density at radius 3 is 2.41 bits per heavy atom. The summed E-state index contributed by atoms with van der Waals surface area (Å²) in [4.78, 5) is 12.7. The van der Waals surface area contributed by atoms with Gasteiger partial charge in [0.1, 0.15) is 5.82 Å². The Hall–Kier alpha value is -1.96. The van der Waals surface area contributed by atoms with Crippen LogP contribution >= 0.6 is 11.6 Å². The Labute approximate surface area is 163 Å². The monoisotopic (exact) mass is 410 g/mol. The highest BCUT2D eigenvalue weighted by Crippen LogP contribution is 2.26. The summed E-state index contributed by atoms with van der Waals surface area (Å²) < 4.78 is 39.9. The Morgan fingerprint density at radius 2 is 1.78 bits per heavy atom. The molecule has 8 heteroatoms. The van der Waals surface area contributed by atoms with E-state index in [9.17, 15) is 17.6 Å². The molecular formula is C19H20ClFN2O3S. The number of nitrogens with zero attached hydrogens (tertiary/aromatic N) is 1. The number of benzene rings is 2. The molecule has 144 valence electrons. The SMILES string of the molecule is CC(NC(=O)c1cc(S(=O)(=O)N2CCCC2)ccc1Cl)c1ccc(F)cc1. The van der Waals surface area contributed by atoms with E-state index in [1.807, 2.05) is 0 Å². The zero-order chi connectivity index (χ0) is 19.6. The van der Waals surface area contributed by atoms with Crippen molar-refractivity contribution in [1.82, 2.24) is 9.62 Å². The predicted octanol–water partition coefficient (Wildman–Crippen LogP) is 3.75. The van der Waals surface area contributed by atoms with Crippen molar-refractivity contribution in [2.75, 3.05) is 13.1 Å². The topological polar surface area (TPSA) is 66.5 Å². The van der Waals surface area contributed by atoms with Gasteiger partial charge in [-0.3, -0.25) is 4.79 Å². The normalized spacial score (nSPS) is 16.3. The van der Waals surface area contributed by atoms with Gasteiger partial charge in [0, 0.05) is 13.1 Å². The minimum atomic E-state index is -3.64. The van der Waals surface area contributed by atoms with Gasteiger partial charge in [0.05, 0.1) is 21.5 Å². The Balaban J connectivity index is 1.83. The lowest BCUT2D eigenvalue weighted by molar-refractivity contribution is 0.0940. The van der Waals surface area contributed by atoms with Gasteiger partial charge in [-0.05, 0) is 55.7 Å². The first-order valence-electron chi connectivity index (χ1n) is 8.65. The van der Waals surface area contributed by atoms with Crippen LogP contribution in [0.2, 0.25) is 5.02 Å². The molecular weight excluding hydrogens is 391 g/mol. The fourth-order valence-corrected chi connectivity index (χ4v) is 4.77. The van der Waals surface area contributed by atoms with Crippen LogP contribution in [0.5, 0.6) is 0 Å². The first kappa shape index (κ1) is 19.8. The maximum atomic E-state index is 13.0. The number of hydrogen-bond acceptors (Lipinski definition) is 3. The predicted molar refractivity (Wildman–Crippen MR) is 102 cm³/mol. The minimum Gasteiger partial charge on any atom is -0.345 e. The van der Waals surface area contributed by atoms with Gasteiger partial charge in [-0.15, -0.1) is 0 Å². The van der Waals surface area contributed by atoms with Gasteiger partial charge in [0.2, 0.25) is 10.0 Å². The number of carbonyl (C=O) groups excluding carboxylic acids is 1. The average Bonchev–Trinajstić information content (AvgIpc) is 3.18. The number of halogens is 2. The lowest BCUT2D eigenvalue weighted by Gasteiger charge is -2.18. The molecule has 1 saturated heterocycles. The molecule has 1 atom stereocenters. The zero-order valence-electron chi connectivity index (χ0n) is 14.8. The fraction of sp³-hybridized carbons (Fsp3) is 0.316. The molecule has 5 nitrogen and oxygen atoms in total. The second kappa shape index (κ2) is 7.96. The highest BCUT2D eigenvalue weighted by atomic mass is 35.5. The minimum absolute atomic E-state index is 0.0494. The second-order valence-corrected chi connectivity index (χ2v) is 8.84. The van der Waals surface area contributed by atoms with Crippen LogP contribution in [0.1, 0.15) is 41.7 Å². The number of hydrogen-bond donors (Lipinski definition) is 1. The van der Waals surface area contributed by atoms with Gasteiger partial charge in [-0.25, -0.2) is 12.8 Å². The van der Waals surface area contributed by atoms with Gasteiger partial charge < -0.3 is 5.32 Å². The fourth-order valence-electron chi connectivity index (χ4n) is 3.03. The van der Waals surface area contributed by atoms with Gasteiger partial charge >= 0.3 is 0 Å². The van der Waals surface area contributed by atoms with Gasteiger partial charge in [0.15, 0.2) is 0 Å². The third-order valence-electron chi connectivity index (χ3n) is 4.60. The number of sulfonamides is 1. The first-order chi connectivity index (χ1) is 12.8. The molecule has 1 aliphatic rings. The largest absolute Gasteiger partial charge is 0.345 e. The van der Waals surface area contributed by atoms with E-state index in [-0.39, 0.29) is 21.3 Å². The number of rotatable bonds is 5. The molecule has 1 heterocycles. The van der Waals surface area contributed by atoms with Gasteiger partial charge in [-0.1, -0.05) is 23.7 Å². The summed E-state index contributed by atoms with van der Waals surface area (Å²) in [6.07, 6.45) is 1.66. The van der Waals surface area contributed by atoms with Crippen LogP contribution in [0, 0.1) is 5.82 Å². The molecule has 2 aromatic rings. The van der Waals surface area contributed by atoms with Crippen molar-refractivity contribution in [1.29, 1.82) is 0 Å². The van der Waals surface area contributed by atoms with Crippen molar-refractivity contribution in [2.45, 2.75) is 30.7 Å². The van der Waals surface area contributed by atoms with E-state index in [1.165, 1.54) is 34.6 Å². The summed E-state index contributed by atoms with van der Waals surface area (Å²) in [5, 5.41) is 2.93. The van der Waals surface area contributed by atoms with Gasteiger partial charge in [0.25, 0.3) is 5.91 Å². The van der Waals surface area contributed by atoms with Crippen molar-refractivity contribution in [3.63, 3.8) is 0 Å². The van der Waals surface area contributed by atoms with Crippen LogP contribution < -0.4 is 5.32 Å². The lowest BCUT2D eigenvalue weighted by Crippen LogP contribution is -2.29. The maximum Gasteiger partial charge on any atom is 0.253 e. The molecule has 0 radical (unpaired) electrons. The summed E-state index contributed by atoms with van der Waals surface area (Å²) in [5.41, 5.74) is 0.813. The standard InChI is InChI=1S/C19H20ClFN2O3S/c1-13(14-4-6-15(21)7-5-14)22-19(24)17-12-16(8-9-18(17)20)27(25,26)23-10-2-3-11-23/h4-9,12-13H,2-3,10-11H2,1H3,(H,22,24). The molecule has 1 unspecified atom stereocenters. The summed E-state index contributed by atoms with van der Waals surface area (Å²) in [5.74, 6) is -0.851. The molecule has 0 saturated carbocycles. The molecule has 0 aromatic heterocycles. The van der Waals surface area contributed by atoms with Crippen LogP contribution in [-0.4, -0.2) is 31.7 Å². The van der Waals surface area contributed by atoms with E-state index in [4.69, 9.17) is 11.6 Å². The summed E-state index contributed by atoms with van der Waals surface area (Å²) in [7, 11) is -3.64. The summed E-state index contributed by atoms with van der Waals surface area (Å²) in [6, 6.07) is 9.53. The van der Waals surface area contributed by atoms with E-state index < -0.39 is 22.0 Å². The van der Waals surface area contributed by atoms with Crippen LogP contribution in [0.3, 0.4) is 0 Å². The van der Waals surface area contributed by atoms with Crippen LogP contribution in [0.15, 0.2) is 47.4 Å². The van der Waals surface area contributed by atoms with Crippen molar-refractivity contribution in [3.05, 3.63) is 64.4 Å². The molecule has 1 fully saturated rings. The van der Waals surface area contributed by atoms with Crippen molar-refractivity contribution >= 4 is 27.5 Å². The molecule has 0 bridgehead atoms. The number of nitrogens with one attached hydrogen (secondary N) is 1. The highest BCUT2D eigenvalue weighted by Gasteiger charge is 2.28. The molecule has 0 aliphatic carbocycles. The van der Waals surface area contributed by atoms with Gasteiger partial charge in [-0.2, -0.15) is 4.31 Å². The molecule has 0 spiro atoms. The molecule has 27 heavy (non-hydrogen) atoms. The Kier molecular flexibility index (Phi) is 5.83.